The molecule has 25 heavy (non-hydrogen) atoms. The maximum absolute atomic E-state index is 11.0. The molecule has 1 amide bonds. The molecule has 0 atom stereocenters. The fourth-order valence-corrected chi connectivity index (χ4v) is 2.75. The van der Waals surface area contributed by atoms with Gasteiger partial charge in [0.05, 0.1) is 5.52 Å². The van der Waals surface area contributed by atoms with E-state index in [1.165, 1.54) is 0 Å². The van der Waals surface area contributed by atoms with Crippen molar-refractivity contribution in [1.29, 1.82) is 0 Å². The minimum atomic E-state index is -0.363. The normalized spacial score (nSPS) is 11.1. The van der Waals surface area contributed by atoms with Gasteiger partial charge in [-0.1, -0.05) is 36.0 Å². The predicted molar refractivity (Wildman–Crippen MR) is 102 cm³/mol. The number of oxime groups is 1. The number of pyridine rings is 1. The summed E-state index contributed by atoms with van der Waals surface area (Å²) in [5, 5.41) is 18.8. The van der Waals surface area contributed by atoms with Crippen LogP contribution in [0, 0.1) is 0 Å². The van der Waals surface area contributed by atoms with E-state index < -0.39 is 0 Å². The first kappa shape index (κ1) is 19.0. The van der Waals surface area contributed by atoms with E-state index in [-0.39, 0.29) is 5.91 Å². The van der Waals surface area contributed by atoms with Crippen molar-refractivity contribution in [2.24, 2.45) is 5.16 Å². The van der Waals surface area contributed by atoms with E-state index in [2.05, 4.69) is 20.8 Å². The number of nitrogens with zero attached hydrogens (tertiary/aromatic N) is 2. The highest BCUT2D eigenvalue weighted by atomic mass is 35.5. The van der Waals surface area contributed by atoms with Crippen LogP contribution in [0.4, 0.5) is 5.69 Å². The maximum Gasteiger partial charge on any atom is 0.265 e. The molecule has 3 N–H and O–H groups in total. The Morgan fingerprint density at radius 3 is 2.72 bits per heavy atom. The van der Waals surface area contributed by atoms with Crippen LogP contribution in [-0.2, 0) is 4.79 Å². The Balaban J connectivity index is 1.60. The van der Waals surface area contributed by atoms with Crippen LogP contribution in [0.2, 0.25) is 5.02 Å². The fourth-order valence-electron chi connectivity index (χ4n) is 2.59. The van der Waals surface area contributed by atoms with Crippen LogP contribution in [0.5, 0.6) is 0 Å². The Morgan fingerprint density at radius 1 is 1.16 bits per heavy atom. The van der Waals surface area contributed by atoms with Crippen molar-refractivity contribution < 1.29 is 10.0 Å². The van der Waals surface area contributed by atoms with Crippen molar-refractivity contribution in [1.82, 2.24) is 10.3 Å². The van der Waals surface area contributed by atoms with Gasteiger partial charge in [0.2, 0.25) is 0 Å². The van der Waals surface area contributed by atoms with Gasteiger partial charge < -0.3 is 15.8 Å². The van der Waals surface area contributed by atoms with Crippen LogP contribution in [0.15, 0.2) is 35.6 Å². The molecule has 1 aromatic heterocycles. The summed E-state index contributed by atoms with van der Waals surface area (Å²) in [5.74, 6) is -0.363. The molecule has 134 valence electrons. The van der Waals surface area contributed by atoms with E-state index in [0.717, 1.165) is 61.5 Å². The lowest BCUT2D eigenvalue weighted by atomic mass is 10.1. The largest absolute Gasteiger partial charge is 0.411 e. The molecule has 0 aliphatic rings. The fraction of sp³-hybridized carbons (Fsp3) is 0.389. The molecule has 0 aliphatic heterocycles. The highest BCUT2D eigenvalue weighted by molar-refractivity contribution is 6.31. The number of carbonyl (C=O) groups excluding carboxylic acids is 1. The number of hydrogen-bond acceptors (Lipinski definition) is 5. The number of rotatable bonds is 10. The van der Waals surface area contributed by atoms with Gasteiger partial charge in [0.15, 0.2) is 0 Å². The molecule has 0 radical (unpaired) electrons. The zero-order valence-corrected chi connectivity index (χ0v) is 14.8. The predicted octanol–water partition coefficient (Wildman–Crippen LogP) is 3.83. The van der Waals surface area contributed by atoms with Gasteiger partial charge in [-0.05, 0) is 37.1 Å². The molecule has 0 unspecified atom stereocenters. The molecule has 1 aromatic carbocycles. The van der Waals surface area contributed by atoms with Crippen molar-refractivity contribution in [3.63, 3.8) is 0 Å². The molecule has 1 heterocycles. The number of aromatic nitrogens is 1. The van der Waals surface area contributed by atoms with E-state index in [0.29, 0.717) is 11.6 Å². The Bertz CT molecular complexity index is 721. The standard InChI is InChI=1S/C18H23ClN4O2/c19-14-6-7-15-16(8-11-21-17(15)12-14)20-9-4-2-1-3-5-10-22-18(24)13-23-25/h6-8,11-13,25H,1-5,9-10H2,(H,20,21)(H,22,24)/b23-13+. The summed E-state index contributed by atoms with van der Waals surface area (Å²) in [6.45, 7) is 1.51. The lowest BCUT2D eigenvalue weighted by molar-refractivity contribution is -0.114. The van der Waals surface area contributed by atoms with Crippen LogP contribution in [0.3, 0.4) is 0 Å². The lowest BCUT2D eigenvalue weighted by Crippen LogP contribution is -2.25. The molecule has 0 spiro atoms. The number of unbranched alkanes of at least 4 members (excludes halogenated alkanes) is 4. The SMILES string of the molecule is O=C(/C=N/O)NCCCCCCCNc1ccnc2cc(Cl)ccc12. The van der Waals surface area contributed by atoms with E-state index >= 15 is 0 Å². The summed E-state index contributed by atoms with van der Waals surface area (Å²) in [6.07, 6.45) is 7.98. The number of carbonyl (C=O) groups is 1. The van der Waals surface area contributed by atoms with Crippen molar-refractivity contribution in [3.8, 4) is 0 Å². The molecule has 2 aromatic rings. The molecule has 0 saturated heterocycles. The third-order valence-electron chi connectivity index (χ3n) is 3.85. The zero-order chi connectivity index (χ0) is 17.9. The van der Waals surface area contributed by atoms with Gasteiger partial charge in [-0.2, -0.15) is 0 Å². The average molecular weight is 363 g/mol. The van der Waals surface area contributed by atoms with Crippen LogP contribution in [0.25, 0.3) is 10.9 Å². The Labute approximate surface area is 152 Å². The molecule has 6 nitrogen and oxygen atoms in total. The van der Waals surface area contributed by atoms with E-state index in [1.807, 2.05) is 24.3 Å². The van der Waals surface area contributed by atoms with Crippen LogP contribution < -0.4 is 10.6 Å². The first-order valence-corrected chi connectivity index (χ1v) is 8.82. The number of fused-ring (bicyclic) bond motifs is 1. The summed E-state index contributed by atoms with van der Waals surface area (Å²) in [6, 6.07) is 7.71. The van der Waals surface area contributed by atoms with Crippen molar-refractivity contribution in [2.75, 3.05) is 18.4 Å². The molecule has 2 rings (SSSR count). The summed E-state index contributed by atoms with van der Waals surface area (Å²) < 4.78 is 0. The molecule has 0 fully saturated rings. The van der Waals surface area contributed by atoms with Gasteiger partial charge in [0, 0.05) is 35.4 Å². The van der Waals surface area contributed by atoms with E-state index in [1.54, 1.807) is 6.20 Å². The zero-order valence-electron chi connectivity index (χ0n) is 14.0. The number of anilines is 1. The van der Waals surface area contributed by atoms with Crippen molar-refractivity contribution in [3.05, 3.63) is 35.5 Å². The van der Waals surface area contributed by atoms with E-state index in [9.17, 15) is 4.79 Å². The average Bonchev–Trinajstić information content (AvgIpc) is 2.60. The minimum absolute atomic E-state index is 0.363. The first-order valence-electron chi connectivity index (χ1n) is 8.44. The number of hydrogen-bond donors (Lipinski definition) is 3. The Hall–Kier alpha value is -2.34. The topological polar surface area (TPSA) is 86.6 Å². The summed E-state index contributed by atoms with van der Waals surface area (Å²) in [5.41, 5.74) is 1.97. The van der Waals surface area contributed by atoms with Gasteiger partial charge in [-0.15, -0.1) is 0 Å². The molecule has 0 saturated carbocycles. The number of benzene rings is 1. The Morgan fingerprint density at radius 2 is 1.92 bits per heavy atom. The summed E-state index contributed by atoms with van der Waals surface area (Å²) >= 11 is 6.00. The molecular formula is C18H23ClN4O2. The number of amides is 1. The van der Waals surface area contributed by atoms with Crippen molar-refractivity contribution in [2.45, 2.75) is 32.1 Å². The third kappa shape index (κ3) is 6.58. The third-order valence-corrected chi connectivity index (χ3v) is 4.08. The molecular weight excluding hydrogens is 340 g/mol. The number of nitrogens with one attached hydrogen (secondary N) is 2. The number of halogens is 1. The summed E-state index contributed by atoms with van der Waals surface area (Å²) in [4.78, 5) is 15.4. The van der Waals surface area contributed by atoms with Crippen LogP contribution in [0.1, 0.15) is 32.1 Å². The monoisotopic (exact) mass is 362 g/mol. The van der Waals surface area contributed by atoms with E-state index in [4.69, 9.17) is 16.8 Å². The molecule has 7 heteroatoms. The first-order chi connectivity index (χ1) is 12.2. The lowest BCUT2D eigenvalue weighted by Gasteiger charge is -2.09. The van der Waals surface area contributed by atoms with Crippen LogP contribution >= 0.6 is 11.6 Å². The second kappa shape index (κ2) is 10.5. The summed E-state index contributed by atoms with van der Waals surface area (Å²) in [7, 11) is 0. The second-order valence-corrected chi connectivity index (χ2v) is 6.19. The smallest absolute Gasteiger partial charge is 0.265 e. The van der Waals surface area contributed by atoms with Gasteiger partial charge in [-0.3, -0.25) is 9.78 Å². The van der Waals surface area contributed by atoms with Gasteiger partial charge in [0.1, 0.15) is 6.21 Å². The van der Waals surface area contributed by atoms with Gasteiger partial charge >= 0.3 is 0 Å². The van der Waals surface area contributed by atoms with Crippen LogP contribution in [-0.4, -0.2) is 35.4 Å². The van der Waals surface area contributed by atoms with Gasteiger partial charge in [0.25, 0.3) is 5.91 Å². The highest BCUT2D eigenvalue weighted by Gasteiger charge is 2.02. The Kier molecular flexibility index (Phi) is 7.98. The second-order valence-electron chi connectivity index (χ2n) is 5.75. The molecule has 0 aliphatic carbocycles. The quantitative estimate of drug-likeness (QED) is 0.259. The maximum atomic E-state index is 11.0. The minimum Gasteiger partial charge on any atom is -0.411 e. The molecule has 0 bridgehead atoms. The van der Waals surface area contributed by atoms with Crippen molar-refractivity contribution >= 4 is 40.3 Å². The van der Waals surface area contributed by atoms with Gasteiger partial charge in [-0.25, -0.2) is 0 Å². The highest BCUT2D eigenvalue weighted by Crippen LogP contribution is 2.24.